The maximum atomic E-state index is 11.5. The van der Waals surface area contributed by atoms with Crippen LogP contribution >= 0.6 is 0 Å². The van der Waals surface area contributed by atoms with Crippen LogP contribution in [0.5, 0.6) is 0 Å². The summed E-state index contributed by atoms with van der Waals surface area (Å²) in [5, 5.41) is 16.4. The molecule has 1 aliphatic heterocycles. The molecule has 2 heterocycles. The summed E-state index contributed by atoms with van der Waals surface area (Å²) in [6.45, 7) is 1.35. The summed E-state index contributed by atoms with van der Waals surface area (Å²) in [6, 6.07) is 6.36. The van der Waals surface area contributed by atoms with Crippen molar-refractivity contribution < 1.29 is 14.7 Å². The van der Waals surface area contributed by atoms with Gasteiger partial charge in [0.05, 0.1) is 16.9 Å². The molecule has 0 bridgehead atoms. The van der Waals surface area contributed by atoms with Crippen molar-refractivity contribution in [2.45, 2.75) is 13.0 Å². The molecule has 0 radical (unpaired) electrons. The van der Waals surface area contributed by atoms with Crippen LogP contribution < -0.4 is 11.1 Å². The molecule has 2 aromatic rings. The molecular formula is C14H14N4O3. The zero-order chi connectivity index (χ0) is 15.0. The molecule has 0 saturated carbocycles. The minimum atomic E-state index is -0.980. The Hall–Kier alpha value is -2.67. The molecule has 0 atom stereocenters. The number of hydrogen-bond donors (Lipinski definition) is 3. The van der Waals surface area contributed by atoms with Gasteiger partial charge in [-0.05, 0) is 24.3 Å². The van der Waals surface area contributed by atoms with E-state index in [9.17, 15) is 9.59 Å². The third-order valence-corrected chi connectivity index (χ3v) is 3.52. The Morgan fingerprint density at radius 1 is 1.29 bits per heavy atom. The van der Waals surface area contributed by atoms with Crippen LogP contribution in [0.1, 0.15) is 32.1 Å². The van der Waals surface area contributed by atoms with Gasteiger partial charge in [-0.25, -0.2) is 9.48 Å². The predicted octanol–water partition coefficient (Wildman–Crippen LogP) is 0.315. The second kappa shape index (κ2) is 5.02. The van der Waals surface area contributed by atoms with E-state index >= 15 is 0 Å². The Kier molecular flexibility index (Phi) is 3.19. The highest BCUT2D eigenvalue weighted by Gasteiger charge is 2.24. The Bertz CT molecular complexity index is 719. The van der Waals surface area contributed by atoms with Crippen molar-refractivity contribution in [3.8, 4) is 5.69 Å². The molecule has 1 aromatic heterocycles. The Labute approximate surface area is 120 Å². The minimum absolute atomic E-state index is 0.205. The number of nitrogens with one attached hydrogen (secondary N) is 1. The normalized spacial score (nSPS) is 13.7. The molecule has 7 heteroatoms. The van der Waals surface area contributed by atoms with Crippen LogP contribution in [0.2, 0.25) is 0 Å². The van der Waals surface area contributed by atoms with Crippen molar-refractivity contribution in [1.29, 1.82) is 0 Å². The van der Waals surface area contributed by atoms with Crippen molar-refractivity contribution in [1.82, 2.24) is 15.1 Å². The molecule has 0 saturated heterocycles. The quantitative estimate of drug-likeness (QED) is 0.752. The minimum Gasteiger partial charge on any atom is -0.478 e. The topological polar surface area (TPSA) is 110 Å². The number of carboxylic acids is 1. The van der Waals surface area contributed by atoms with Crippen LogP contribution in [0.3, 0.4) is 0 Å². The SMILES string of the molecule is NC(=O)c1nn(-c2ccc(C(=O)O)cc2)c2c1CNCC2. The van der Waals surface area contributed by atoms with E-state index in [-0.39, 0.29) is 11.3 Å². The fourth-order valence-electron chi connectivity index (χ4n) is 2.50. The Morgan fingerprint density at radius 2 is 2.00 bits per heavy atom. The van der Waals surface area contributed by atoms with Gasteiger partial charge in [-0.2, -0.15) is 5.10 Å². The van der Waals surface area contributed by atoms with Crippen LogP contribution in [0.4, 0.5) is 0 Å². The number of fused-ring (bicyclic) bond motifs is 1. The summed E-state index contributed by atoms with van der Waals surface area (Å²) >= 11 is 0. The number of primary amides is 1. The van der Waals surface area contributed by atoms with E-state index in [4.69, 9.17) is 10.8 Å². The second-order valence-corrected chi connectivity index (χ2v) is 4.83. The van der Waals surface area contributed by atoms with Gasteiger partial charge in [0.1, 0.15) is 0 Å². The molecule has 4 N–H and O–H groups in total. The number of hydrogen-bond acceptors (Lipinski definition) is 4. The molecule has 0 unspecified atom stereocenters. The number of aromatic nitrogens is 2. The third-order valence-electron chi connectivity index (χ3n) is 3.52. The molecule has 108 valence electrons. The molecular weight excluding hydrogens is 272 g/mol. The van der Waals surface area contributed by atoms with Gasteiger partial charge in [-0.15, -0.1) is 0 Å². The van der Waals surface area contributed by atoms with E-state index in [1.807, 2.05) is 0 Å². The first-order chi connectivity index (χ1) is 10.1. The van der Waals surface area contributed by atoms with Crippen LogP contribution in [0.25, 0.3) is 5.69 Å². The first kappa shape index (κ1) is 13.3. The van der Waals surface area contributed by atoms with Gasteiger partial charge in [0.2, 0.25) is 0 Å². The summed E-state index contributed by atoms with van der Waals surface area (Å²) in [6.07, 6.45) is 0.732. The molecule has 0 aliphatic carbocycles. The van der Waals surface area contributed by atoms with Crippen LogP contribution in [-0.2, 0) is 13.0 Å². The number of carbonyl (C=O) groups is 2. The molecule has 0 spiro atoms. The number of amides is 1. The number of nitrogens with two attached hydrogens (primary N) is 1. The maximum Gasteiger partial charge on any atom is 0.335 e. The van der Waals surface area contributed by atoms with Gasteiger partial charge in [-0.3, -0.25) is 4.79 Å². The Morgan fingerprint density at radius 3 is 2.62 bits per heavy atom. The highest BCUT2D eigenvalue weighted by molar-refractivity contribution is 5.92. The van der Waals surface area contributed by atoms with E-state index in [0.29, 0.717) is 12.2 Å². The van der Waals surface area contributed by atoms with Crippen LogP contribution in [0.15, 0.2) is 24.3 Å². The first-order valence-electron chi connectivity index (χ1n) is 6.53. The van der Waals surface area contributed by atoms with Gasteiger partial charge >= 0.3 is 5.97 Å². The lowest BCUT2D eigenvalue weighted by Crippen LogP contribution is -2.26. The van der Waals surface area contributed by atoms with Gasteiger partial charge in [0.15, 0.2) is 5.69 Å². The van der Waals surface area contributed by atoms with Gasteiger partial charge in [-0.1, -0.05) is 0 Å². The van der Waals surface area contributed by atoms with Crippen LogP contribution in [-0.4, -0.2) is 33.3 Å². The molecule has 21 heavy (non-hydrogen) atoms. The number of rotatable bonds is 3. The molecule has 1 aromatic carbocycles. The standard InChI is InChI=1S/C14H14N4O3/c15-13(19)12-10-7-16-6-5-11(10)18(17-12)9-3-1-8(2-4-9)14(20)21/h1-4,16H,5-7H2,(H2,15,19)(H,20,21). The number of carboxylic acid groups (broad SMARTS) is 1. The summed E-state index contributed by atoms with van der Waals surface area (Å²) < 4.78 is 1.67. The molecule has 3 rings (SSSR count). The van der Waals surface area contributed by atoms with Gasteiger partial charge in [0, 0.05) is 25.1 Å². The Balaban J connectivity index is 2.09. The van der Waals surface area contributed by atoms with Crippen molar-refractivity contribution in [3.05, 3.63) is 46.8 Å². The first-order valence-corrected chi connectivity index (χ1v) is 6.53. The fourth-order valence-corrected chi connectivity index (χ4v) is 2.50. The highest BCUT2D eigenvalue weighted by Crippen LogP contribution is 2.22. The van der Waals surface area contributed by atoms with E-state index < -0.39 is 11.9 Å². The molecule has 1 aliphatic rings. The average molecular weight is 286 g/mol. The maximum absolute atomic E-state index is 11.5. The summed E-state index contributed by atoms with van der Waals surface area (Å²) in [5.41, 5.74) is 8.31. The van der Waals surface area contributed by atoms with E-state index in [1.165, 1.54) is 12.1 Å². The lowest BCUT2D eigenvalue weighted by atomic mass is 10.1. The second-order valence-electron chi connectivity index (χ2n) is 4.83. The monoisotopic (exact) mass is 286 g/mol. The van der Waals surface area contributed by atoms with Crippen molar-refractivity contribution >= 4 is 11.9 Å². The average Bonchev–Trinajstić information content (AvgIpc) is 2.87. The van der Waals surface area contributed by atoms with Gasteiger partial charge in [0.25, 0.3) is 5.91 Å². The number of nitrogens with zero attached hydrogens (tertiary/aromatic N) is 2. The number of carbonyl (C=O) groups excluding carboxylic acids is 1. The summed E-state index contributed by atoms with van der Waals surface area (Å²) in [4.78, 5) is 22.4. The smallest absolute Gasteiger partial charge is 0.335 e. The fraction of sp³-hybridized carbons (Fsp3) is 0.214. The van der Waals surface area contributed by atoms with E-state index in [1.54, 1.807) is 16.8 Å². The largest absolute Gasteiger partial charge is 0.478 e. The van der Waals surface area contributed by atoms with Crippen molar-refractivity contribution in [2.75, 3.05) is 6.54 Å². The van der Waals surface area contributed by atoms with Crippen LogP contribution in [0, 0.1) is 0 Å². The van der Waals surface area contributed by atoms with Crippen molar-refractivity contribution in [2.24, 2.45) is 5.73 Å². The molecule has 1 amide bonds. The van der Waals surface area contributed by atoms with Crippen molar-refractivity contribution in [3.63, 3.8) is 0 Å². The molecule has 0 fully saturated rings. The van der Waals surface area contributed by atoms with E-state index in [2.05, 4.69) is 10.4 Å². The highest BCUT2D eigenvalue weighted by atomic mass is 16.4. The lowest BCUT2D eigenvalue weighted by molar-refractivity contribution is 0.0696. The van der Waals surface area contributed by atoms with E-state index in [0.717, 1.165) is 24.2 Å². The zero-order valence-electron chi connectivity index (χ0n) is 11.2. The molecule has 7 nitrogen and oxygen atoms in total. The zero-order valence-corrected chi connectivity index (χ0v) is 11.2. The van der Waals surface area contributed by atoms with Gasteiger partial charge < -0.3 is 16.2 Å². The predicted molar refractivity (Wildman–Crippen MR) is 74.5 cm³/mol. The number of benzene rings is 1. The third kappa shape index (κ3) is 2.27. The summed E-state index contributed by atoms with van der Waals surface area (Å²) in [5.74, 6) is -1.54. The lowest BCUT2D eigenvalue weighted by Gasteiger charge is -2.15. The number of aromatic carboxylic acids is 1. The summed E-state index contributed by atoms with van der Waals surface area (Å²) in [7, 11) is 0.